The van der Waals surface area contributed by atoms with Crippen molar-refractivity contribution in [3.63, 3.8) is 0 Å². The molecule has 5 nitrogen and oxygen atoms in total. The molecule has 0 amide bonds. The number of aryl methyl sites for hydroxylation is 1. The number of carbonyl (C=O) groups excluding carboxylic acids is 1. The predicted molar refractivity (Wildman–Crippen MR) is 78.4 cm³/mol. The first-order valence-corrected chi connectivity index (χ1v) is 7.97. The number of benzene rings is 2. The third-order valence-corrected chi connectivity index (χ3v) is 5.48. The predicted octanol–water partition coefficient (Wildman–Crippen LogP) is 1.69. The number of hydrogen-bond acceptors (Lipinski definition) is 4. The van der Waals surface area contributed by atoms with Gasteiger partial charge < -0.3 is 4.74 Å². The van der Waals surface area contributed by atoms with E-state index >= 15 is 0 Å². The van der Waals surface area contributed by atoms with Crippen LogP contribution in [-0.4, -0.2) is 38.4 Å². The third-order valence-electron chi connectivity index (χ3n) is 3.61. The minimum atomic E-state index is -3.64. The average Bonchev–Trinajstić information content (AvgIpc) is 3.27. The van der Waals surface area contributed by atoms with Gasteiger partial charge in [-0.2, -0.15) is 4.31 Å². The van der Waals surface area contributed by atoms with Crippen molar-refractivity contribution in [2.75, 3.05) is 13.7 Å². The molecule has 0 spiro atoms. The van der Waals surface area contributed by atoms with Crippen LogP contribution in [0.25, 0.3) is 10.8 Å². The molecule has 1 aliphatic heterocycles. The minimum Gasteiger partial charge on any atom is -0.468 e. The van der Waals surface area contributed by atoms with E-state index in [9.17, 15) is 13.2 Å². The van der Waals surface area contributed by atoms with E-state index in [1.165, 1.54) is 7.11 Å². The van der Waals surface area contributed by atoms with Crippen LogP contribution in [0.3, 0.4) is 0 Å². The Morgan fingerprint density at radius 3 is 2.57 bits per heavy atom. The molecular weight excluding hydrogens is 290 g/mol. The molecule has 1 fully saturated rings. The first kappa shape index (κ1) is 14.0. The molecule has 0 aliphatic carbocycles. The number of methoxy groups -OCH3 is 1. The average molecular weight is 305 g/mol. The van der Waals surface area contributed by atoms with Crippen LogP contribution in [0.15, 0.2) is 41.3 Å². The highest BCUT2D eigenvalue weighted by Gasteiger charge is 2.50. The van der Waals surface area contributed by atoms with Gasteiger partial charge in [-0.05, 0) is 29.8 Å². The van der Waals surface area contributed by atoms with Crippen molar-refractivity contribution in [2.45, 2.75) is 17.9 Å². The maximum Gasteiger partial charge on any atom is 0.325 e. The Morgan fingerprint density at radius 1 is 1.19 bits per heavy atom. The van der Waals surface area contributed by atoms with Crippen LogP contribution in [0.4, 0.5) is 0 Å². The van der Waals surface area contributed by atoms with Gasteiger partial charge in [-0.3, -0.25) is 4.79 Å². The lowest BCUT2D eigenvalue weighted by Crippen LogP contribution is -2.20. The second-order valence-corrected chi connectivity index (χ2v) is 7.02. The quantitative estimate of drug-likeness (QED) is 0.639. The molecule has 6 heteroatoms. The van der Waals surface area contributed by atoms with Crippen molar-refractivity contribution in [3.8, 4) is 0 Å². The van der Waals surface area contributed by atoms with Gasteiger partial charge in [0.1, 0.15) is 6.04 Å². The molecule has 3 rings (SSSR count). The number of nitrogens with zero attached hydrogens (tertiary/aromatic N) is 1. The van der Waals surface area contributed by atoms with Gasteiger partial charge in [-0.25, -0.2) is 8.42 Å². The van der Waals surface area contributed by atoms with Gasteiger partial charge in [0.05, 0.1) is 12.0 Å². The second kappa shape index (κ2) is 4.82. The molecule has 2 atom stereocenters. The summed E-state index contributed by atoms with van der Waals surface area (Å²) in [4.78, 5) is 11.6. The van der Waals surface area contributed by atoms with E-state index < -0.39 is 22.0 Å². The smallest absolute Gasteiger partial charge is 0.325 e. The lowest BCUT2D eigenvalue weighted by molar-refractivity contribution is -0.140. The number of carbonyl (C=O) groups is 1. The van der Waals surface area contributed by atoms with Gasteiger partial charge in [0.15, 0.2) is 0 Å². The molecule has 1 aliphatic rings. The third kappa shape index (κ3) is 2.41. The number of fused-ring (bicyclic) bond motifs is 1. The van der Waals surface area contributed by atoms with Crippen molar-refractivity contribution >= 4 is 26.8 Å². The normalized spacial score (nSPS) is 21.2. The fourth-order valence-electron chi connectivity index (χ4n) is 2.36. The molecule has 1 heterocycles. The molecule has 0 aromatic heterocycles. The first-order valence-electron chi connectivity index (χ1n) is 6.53. The highest BCUT2D eigenvalue weighted by molar-refractivity contribution is 7.89. The fourth-order valence-corrected chi connectivity index (χ4v) is 3.90. The molecule has 2 aromatic carbocycles. The SMILES string of the molecule is COC(=O)C1CN1S(=O)(=O)c1ccc2cc(C)ccc2c1. The molecule has 2 unspecified atom stereocenters. The Balaban J connectivity index is 1.97. The van der Waals surface area contributed by atoms with Crippen LogP contribution in [0.2, 0.25) is 0 Å². The van der Waals surface area contributed by atoms with Crippen LogP contribution < -0.4 is 0 Å². The molecule has 0 N–H and O–H groups in total. The van der Waals surface area contributed by atoms with Crippen LogP contribution in [0.5, 0.6) is 0 Å². The second-order valence-electron chi connectivity index (χ2n) is 5.13. The largest absolute Gasteiger partial charge is 0.468 e. The number of ether oxygens (including phenoxy) is 1. The Morgan fingerprint density at radius 2 is 1.86 bits per heavy atom. The van der Waals surface area contributed by atoms with E-state index in [-0.39, 0.29) is 11.4 Å². The summed E-state index contributed by atoms with van der Waals surface area (Å²) in [6.45, 7) is 2.17. The zero-order chi connectivity index (χ0) is 15.2. The highest BCUT2D eigenvalue weighted by Crippen LogP contribution is 2.30. The maximum absolute atomic E-state index is 12.5. The van der Waals surface area contributed by atoms with Gasteiger partial charge in [0.2, 0.25) is 10.0 Å². The number of sulfonamides is 1. The van der Waals surface area contributed by atoms with E-state index in [1.807, 2.05) is 25.1 Å². The zero-order valence-corrected chi connectivity index (χ0v) is 12.6. The van der Waals surface area contributed by atoms with Crippen molar-refractivity contribution in [2.24, 2.45) is 0 Å². The lowest BCUT2D eigenvalue weighted by atomic mass is 10.1. The molecule has 0 radical (unpaired) electrons. The van der Waals surface area contributed by atoms with Crippen LogP contribution >= 0.6 is 0 Å². The summed E-state index contributed by atoms with van der Waals surface area (Å²) in [6.07, 6.45) is 0. The maximum atomic E-state index is 12.5. The van der Waals surface area contributed by atoms with Gasteiger partial charge in [-0.15, -0.1) is 0 Å². The van der Waals surface area contributed by atoms with Crippen LogP contribution in [0, 0.1) is 6.92 Å². The standard InChI is InChI=1S/C15H15NO4S/c1-10-3-4-12-8-13(6-5-11(12)7-10)21(18,19)16-9-14(16)15(17)20-2/h3-8,14H,9H2,1-2H3. The Hall–Kier alpha value is -1.92. The Labute approximate surface area is 123 Å². The van der Waals surface area contributed by atoms with Gasteiger partial charge in [0, 0.05) is 6.54 Å². The van der Waals surface area contributed by atoms with Crippen molar-refractivity contribution < 1.29 is 17.9 Å². The first-order chi connectivity index (χ1) is 9.93. The lowest BCUT2D eigenvalue weighted by Gasteiger charge is -2.07. The number of hydrogen-bond donors (Lipinski definition) is 0. The molecular formula is C15H15NO4S. The molecule has 21 heavy (non-hydrogen) atoms. The van der Waals surface area contributed by atoms with E-state index in [2.05, 4.69) is 4.74 Å². The molecule has 0 bridgehead atoms. The monoisotopic (exact) mass is 305 g/mol. The van der Waals surface area contributed by atoms with Gasteiger partial charge >= 0.3 is 5.97 Å². The Bertz CT molecular complexity index is 829. The van der Waals surface area contributed by atoms with Crippen molar-refractivity contribution in [1.82, 2.24) is 4.31 Å². The van der Waals surface area contributed by atoms with Crippen LogP contribution in [-0.2, 0) is 19.6 Å². The van der Waals surface area contributed by atoms with E-state index in [1.54, 1.807) is 18.2 Å². The summed E-state index contributed by atoms with van der Waals surface area (Å²) in [7, 11) is -2.39. The van der Waals surface area contributed by atoms with E-state index in [4.69, 9.17) is 0 Å². The molecule has 2 aromatic rings. The minimum absolute atomic E-state index is 0.181. The summed E-state index contributed by atoms with van der Waals surface area (Å²) in [5, 5.41) is 1.85. The topological polar surface area (TPSA) is 63.5 Å². The molecule has 0 saturated carbocycles. The van der Waals surface area contributed by atoms with Crippen molar-refractivity contribution in [3.05, 3.63) is 42.0 Å². The Kier molecular flexibility index (Phi) is 3.22. The summed E-state index contributed by atoms with van der Waals surface area (Å²) in [6, 6.07) is 10.1. The number of rotatable bonds is 3. The van der Waals surface area contributed by atoms with Gasteiger partial charge in [0.25, 0.3) is 0 Å². The highest BCUT2D eigenvalue weighted by atomic mass is 32.2. The molecule has 110 valence electrons. The number of esters is 1. The summed E-state index contributed by atoms with van der Waals surface area (Å²) < 4.78 is 30.6. The van der Waals surface area contributed by atoms with E-state index in [0.29, 0.717) is 0 Å². The summed E-state index contributed by atoms with van der Waals surface area (Å²) in [5.74, 6) is -0.519. The van der Waals surface area contributed by atoms with E-state index in [0.717, 1.165) is 20.6 Å². The van der Waals surface area contributed by atoms with Crippen LogP contribution in [0.1, 0.15) is 5.56 Å². The molecule has 1 saturated heterocycles. The fraction of sp³-hybridized carbons (Fsp3) is 0.267. The zero-order valence-electron chi connectivity index (χ0n) is 11.7. The summed E-state index contributed by atoms with van der Waals surface area (Å²) >= 11 is 0. The van der Waals surface area contributed by atoms with Crippen molar-refractivity contribution in [1.29, 1.82) is 0 Å². The van der Waals surface area contributed by atoms with Gasteiger partial charge in [-0.1, -0.05) is 29.8 Å². The summed E-state index contributed by atoms with van der Waals surface area (Å²) in [5.41, 5.74) is 1.12.